The van der Waals surface area contributed by atoms with Crippen molar-refractivity contribution >= 4 is 18.0 Å². The van der Waals surface area contributed by atoms with Gasteiger partial charge in [0.05, 0.1) is 6.04 Å². The van der Waals surface area contributed by atoms with Gasteiger partial charge in [-0.2, -0.15) is 0 Å². The largest absolute Gasteiger partial charge is 0.508 e. The Morgan fingerprint density at radius 2 is 2.03 bits per heavy atom. The van der Waals surface area contributed by atoms with E-state index >= 15 is 0 Å². The summed E-state index contributed by atoms with van der Waals surface area (Å²) in [5, 5.41) is 11.1. The first-order valence-corrected chi connectivity index (χ1v) is 14.2. The Morgan fingerprint density at radius 3 is 2.74 bits per heavy atom. The van der Waals surface area contributed by atoms with Crippen LogP contribution >= 0.6 is 0 Å². The molecule has 2 heterocycles. The minimum absolute atomic E-state index is 0.0180. The highest BCUT2D eigenvalue weighted by Gasteiger charge is 2.67. The SMILES string of the molecule is CC(=O)Oc1cc(O)c2c3c1O[C@H]1[C@@H](N(CC(C)C)C(=O)C=Cc4ccccc4)CC[C@H]4[C@@H](C2)N(C)CC[C@@]341. The molecule has 2 fully saturated rings. The zero-order valence-electron chi connectivity index (χ0n) is 23.2. The molecule has 4 aliphatic rings. The van der Waals surface area contributed by atoms with Crippen molar-refractivity contribution in [2.24, 2.45) is 11.8 Å². The summed E-state index contributed by atoms with van der Waals surface area (Å²) < 4.78 is 12.4. The number of likely N-dealkylation sites (tertiary alicyclic amines) is 1. The molecule has 0 radical (unpaired) electrons. The van der Waals surface area contributed by atoms with Crippen molar-refractivity contribution in [3.8, 4) is 17.2 Å². The average Bonchev–Trinajstić information content (AvgIpc) is 3.25. The number of carbonyl (C=O) groups is 2. The smallest absolute Gasteiger partial charge is 0.308 e. The second-order valence-corrected chi connectivity index (χ2v) is 12.1. The van der Waals surface area contributed by atoms with E-state index in [2.05, 4.69) is 25.8 Å². The topological polar surface area (TPSA) is 79.3 Å². The summed E-state index contributed by atoms with van der Waals surface area (Å²) in [5.74, 6) is 1.18. The van der Waals surface area contributed by atoms with E-state index in [4.69, 9.17) is 9.47 Å². The van der Waals surface area contributed by atoms with E-state index < -0.39 is 5.97 Å². The molecular weight excluding hydrogens is 492 g/mol. The summed E-state index contributed by atoms with van der Waals surface area (Å²) in [7, 11) is 2.17. The maximum Gasteiger partial charge on any atom is 0.308 e. The first kappa shape index (κ1) is 25.9. The van der Waals surface area contributed by atoms with Crippen LogP contribution in [0.1, 0.15) is 56.7 Å². The summed E-state index contributed by atoms with van der Waals surface area (Å²) in [6.07, 6.45) is 6.73. The third-order valence-corrected chi connectivity index (χ3v) is 9.37. The first-order valence-electron chi connectivity index (χ1n) is 14.2. The molecule has 7 nitrogen and oxygen atoms in total. The Kier molecular flexibility index (Phi) is 6.45. The van der Waals surface area contributed by atoms with Gasteiger partial charge in [-0.1, -0.05) is 44.2 Å². The Labute approximate surface area is 230 Å². The van der Waals surface area contributed by atoms with Gasteiger partial charge in [-0.15, -0.1) is 0 Å². The summed E-state index contributed by atoms with van der Waals surface area (Å²) in [5.41, 5.74) is 2.57. The summed E-state index contributed by atoms with van der Waals surface area (Å²) in [4.78, 5) is 30.3. The first-order chi connectivity index (χ1) is 18.7. The zero-order valence-corrected chi connectivity index (χ0v) is 23.2. The van der Waals surface area contributed by atoms with Crippen LogP contribution < -0.4 is 9.47 Å². The molecule has 39 heavy (non-hydrogen) atoms. The van der Waals surface area contributed by atoms with Crippen molar-refractivity contribution in [1.82, 2.24) is 9.80 Å². The number of carbonyl (C=O) groups excluding carboxylic acids is 2. The van der Waals surface area contributed by atoms with Gasteiger partial charge < -0.3 is 24.4 Å². The van der Waals surface area contributed by atoms with E-state index in [1.807, 2.05) is 41.3 Å². The number of ether oxygens (including phenoxy) is 2. The molecule has 2 aliphatic heterocycles. The van der Waals surface area contributed by atoms with Gasteiger partial charge in [0.15, 0.2) is 11.5 Å². The van der Waals surface area contributed by atoms with Crippen LogP contribution in [0.15, 0.2) is 42.5 Å². The number of hydrogen-bond acceptors (Lipinski definition) is 6. The van der Waals surface area contributed by atoms with Gasteiger partial charge in [0, 0.05) is 48.2 Å². The molecular formula is C32H38N2O5. The molecule has 206 valence electrons. The number of piperidine rings is 1. The number of phenols is 1. The quantitative estimate of drug-likeness (QED) is 0.335. The fourth-order valence-electron chi connectivity index (χ4n) is 7.92. The predicted octanol–water partition coefficient (Wildman–Crippen LogP) is 4.55. The molecule has 1 spiro atoms. The standard InChI is InChI=1S/C32H38N2O5/c1-19(2)18-34(28(37)13-10-21-8-6-5-7-9-21)24-12-11-23-25-16-22-26(36)17-27(38-20(3)35)30-29(22)32(23,31(24)39-30)14-15-33(25)4/h5-10,13,17,19,23-25,31,36H,11-12,14-16,18H2,1-4H3/t23-,24-,25+,31-,32-/m0/s1. The van der Waals surface area contributed by atoms with Gasteiger partial charge in [-0.05, 0) is 62.8 Å². The summed E-state index contributed by atoms with van der Waals surface area (Å²) in [6.45, 7) is 7.17. The third kappa shape index (κ3) is 4.13. The van der Waals surface area contributed by atoms with Gasteiger partial charge >= 0.3 is 5.97 Å². The van der Waals surface area contributed by atoms with Crippen LogP contribution in [0.5, 0.6) is 17.2 Å². The van der Waals surface area contributed by atoms with Crippen LogP contribution in [-0.4, -0.2) is 65.1 Å². The average molecular weight is 531 g/mol. The molecule has 5 atom stereocenters. The van der Waals surface area contributed by atoms with Gasteiger partial charge in [-0.3, -0.25) is 9.59 Å². The minimum atomic E-state index is -0.450. The van der Waals surface area contributed by atoms with E-state index in [0.29, 0.717) is 24.3 Å². The van der Waals surface area contributed by atoms with Crippen molar-refractivity contribution in [3.63, 3.8) is 0 Å². The number of rotatable bonds is 6. The fraction of sp³-hybridized carbons (Fsp3) is 0.500. The molecule has 0 unspecified atom stereocenters. The number of amides is 1. The molecule has 1 saturated heterocycles. The molecule has 2 bridgehead atoms. The Bertz CT molecular complexity index is 1320. The normalized spacial score (nSPS) is 28.7. The van der Waals surface area contributed by atoms with E-state index in [1.54, 1.807) is 6.08 Å². The number of hydrogen-bond donors (Lipinski definition) is 1. The Morgan fingerprint density at radius 1 is 1.26 bits per heavy atom. The highest BCUT2D eigenvalue weighted by Crippen LogP contribution is 2.65. The monoisotopic (exact) mass is 530 g/mol. The number of esters is 1. The lowest BCUT2D eigenvalue weighted by Gasteiger charge is -2.60. The predicted molar refractivity (Wildman–Crippen MR) is 149 cm³/mol. The van der Waals surface area contributed by atoms with E-state index in [1.165, 1.54) is 13.0 Å². The number of nitrogens with zero attached hydrogens (tertiary/aromatic N) is 2. The van der Waals surface area contributed by atoms with Crippen molar-refractivity contribution in [2.75, 3.05) is 20.1 Å². The Hall–Kier alpha value is -3.32. The lowest BCUT2D eigenvalue weighted by molar-refractivity contribution is -0.138. The van der Waals surface area contributed by atoms with Crippen LogP contribution in [0, 0.1) is 11.8 Å². The summed E-state index contributed by atoms with van der Waals surface area (Å²) in [6, 6.07) is 11.6. The Balaban J connectivity index is 1.44. The summed E-state index contributed by atoms with van der Waals surface area (Å²) >= 11 is 0. The van der Waals surface area contributed by atoms with Gasteiger partial charge in [0.1, 0.15) is 11.9 Å². The lowest BCUT2D eigenvalue weighted by Crippen LogP contribution is -2.68. The highest BCUT2D eigenvalue weighted by atomic mass is 16.6. The molecule has 1 saturated carbocycles. The maximum atomic E-state index is 13.8. The van der Waals surface area contributed by atoms with Crippen LogP contribution in [0.4, 0.5) is 0 Å². The van der Waals surface area contributed by atoms with Crippen molar-refractivity contribution in [1.29, 1.82) is 0 Å². The number of likely N-dealkylation sites (N-methyl/N-ethyl adjacent to an activating group) is 1. The van der Waals surface area contributed by atoms with Crippen LogP contribution in [0.25, 0.3) is 6.08 Å². The van der Waals surface area contributed by atoms with Gasteiger partial charge in [0.25, 0.3) is 0 Å². The second kappa shape index (κ2) is 9.70. The molecule has 2 aliphatic carbocycles. The van der Waals surface area contributed by atoms with Crippen molar-refractivity contribution in [3.05, 3.63) is 59.2 Å². The lowest BCUT2D eigenvalue weighted by atomic mass is 9.51. The van der Waals surface area contributed by atoms with Crippen LogP contribution in [0.2, 0.25) is 0 Å². The molecule has 1 N–H and O–H groups in total. The van der Waals surface area contributed by atoms with E-state index in [-0.39, 0.29) is 40.9 Å². The highest BCUT2D eigenvalue weighted by molar-refractivity contribution is 5.92. The van der Waals surface area contributed by atoms with E-state index in [9.17, 15) is 14.7 Å². The number of benzene rings is 2. The molecule has 6 rings (SSSR count). The third-order valence-electron chi connectivity index (χ3n) is 9.37. The second-order valence-electron chi connectivity index (χ2n) is 12.1. The van der Waals surface area contributed by atoms with Crippen LogP contribution in [-0.2, 0) is 21.4 Å². The fourth-order valence-corrected chi connectivity index (χ4v) is 7.92. The molecule has 2 aromatic carbocycles. The van der Waals surface area contributed by atoms with Crippen LogP contribution in [0.3, 0.4) is 0 Å². The molecule has 1 amide bonds. The number of aromatic hydroxyl groups is 1. The molecule has 0 aromatic heterocycles. The molecule has 7 heteroatoms. The zero-order chi connectivity index (χ0) is 27.5. The van der Waals surface area contributed by atoms with Crippen molar-refractivity contribution in [2.45, 2.75) is 70.1 Å². The maximum absolute atomic E-state index is 13.8. The number of phenolic OH excluding ortho intramolecular Hbond substituents is 1. The van der Waals surface area contributed by atoms with Crippen molar-refractivity contribution < 1.29 is 24.2 Å². The van der Waals surface area contributed by atoms with Gasteiger partial charge in [0.2, 0.25) is 5.91 Å². The molecule has 2 aromatic rings. The van der Waals surface area contributed by atoms with E-state index in [0.717, 1.165) is 48.9 Å². The minimum Gasteiger partial charge on any atom is -0.508 e. The van der Waals surface area contributed by atoms with Gasteiger partial charge in [-0.25, -0.2) is 0 Å².